The molecule has 17 heavy (non-hydrogen) atoms. The predicted octanol–water partition coefficient (Wildman–Crippen LogP) is 5.80. The average molecular weight is 427 g/mol. The van der Waals surface area contributed by atoms with Crippen molar-refractivity contribution in [1.29, 1.82) is 0 Å². The molecular weight excluding hydrogens is 412 g/mol. The molecule has 1 aromatic carbocycles. The van der Waals surface area contributed by atoms with Gasteiger partial charge in [-0.2, -0.15) is 0 Å². The van der Waals surface area contributed by atoms with Crippen molar-refractivity contribution in [3.05, 3.63) is 32.2 Å². The largest absolute Gasteiger partial charge is 0.492 e. The third kappa shape index (κ3) is 4.42. The van der Waals surface area contributed by atoms with Crippen molar-refractivity contribution in [2.45, 2.75) is 20.3 Å². The number of halogens is 3. The molecule has 0 atom stereocenters. The molecule has 0 amide bonds. The SMILES string of the molecule is CCOc1c(Br)cc(Br)cc1C=C(CC)CBr. The highest BCUT2D eigenvalue weighted by Crippen LogP contribution is 2.34. The van der Waals surface area contributed by atoms with Crippen LogP contribution >= 0.6 is 47.8 Å². The zero-order chi connectivity index (χ0) is 12.8. The van der Waals surface area contributed by atoms with Gasteiger partial charge in [-0.1, -0.05) is 50.4 Å². The number of hydrogen-bond donors (Lipinski definition) is 0. The topological polar surface area (TPSA) is 9.23 Å². The van der Waals surface area contributed by atoms with Crippen molar-refractivity contribution in [1.82, 2.24) is 0 Å². The summed E-state index contributed by atoms with van der Waals surface area (Å²) in [6.45, 7) is 4.81. The maximum Gasteiger partial charge on any atom is 0.140 e. The highest BCUT2D eigenvalue weighted by molar-refractivity contribution is 9.11. The van der Waals surface area contributed by atoms with Crippen LogP contribution in [0.5, 0.6) is 5.75 Å². The Labute approximate surface area is 128 Å². The van der Waals surface area contributed by atoms with Gasteiger partial charge in [-0.15, -0.1) is 0 Å². The van der Waals surface area contributed by atoms with E-state index in [2.05, 4.69) is 66.9 Å². The first-order valence-electron chi connectivity index (χ1n) is 5.49. The van der Waals surface area contributed by atoms with Crippen molar-refractivity contribution in [3.8, 4) is 5.75 Å². The predicted molar refractivity (Wildman–Crippen MR) is 85.1 cm³/mol. The molecule has 1 nitrogen and oxygen atoms in total. The summed E-state index contributed by atoms with van der Waals surface area (Å²) < 4.78 is 7.71. The summed E-state index contributed by atoms with van der Waals surface area (Å²) >= 11 is 10.5. The van der Waals surface area contributed by atoms with Crippen LogP contribution in [0.4, 0.5) is 0 Å². The number of hydrogen-bond acceptors (Lipinski definition) is 1. The van der Waals surface area contributed by atoms with Crippen LogP contribution in [0, 0.1) is 0 Å². The number of ether oxygens (including phenoxy) is 1. The summed E-state index contributed by atoms with van der Waals surface area (Å²) in [5.41, 5.74) is 2.44. The van der Waals surface area contributed by atoms with Gasteiger partial charge in [0, 0.05) is 15.4 Å². The minimum atomic E-state index is 0.664. The third-order valence-electron chi connectivity index (χ3n) is 2.31. The third-order valence-corrected chi connectivity index (χ3v) is 4.08. The van der Waals surface area contributed by atoms with Gasteiger partial charge >= 0.3 is 0 Å². The summed E-state index contributed by atoms with van der Waals surface area (Å²) in [5, 5.41) is 0.888. The summed E-state index contributed by atoms with van der Waals surface area (Å²) in [6.07, 6.45) is 3.20. The molecule has 0 heterocycles. The lowest BCUT2D eigenvalue weighted by molar-refractivity contribution is 0.337. The van der Waals surface area contributed by atoms with Crippen molar-refractivity contribution in [3.63, 3.8) is 0 Å². The van der Waals surface area contributed by atoms with Crippen LogP contribution < -0.4 is 4.74 Å². The minimum Gasteiger partial charge on any atom is -0.492 e. The molecule has 0 bridgehead atoms. The normalized spacial score (nSPS) is 11.7. The molecule has 4 heteroatoms. The average Bonchev–Trinajstić information content (AvgIpc) is 2.30. The second-order valence-corrected chi connectivity index (χ2v) is 5.86. The Balaban J connectivity index is 3.24. The van der Waals surface area contributed by atoms with Crippen LogP contribution in [0.2, 0.25) is 0 Å². The van der Waals surface area contributed by atoms with E-state index in [0.29, 0.717) is 6.61 Å². The molecule has 0 N–H and O–H groups in total. The highest BCUT2D eigenvalue weighted by Gasteiger charge is 2.08. The molecule has 0 aliphatic heterocycles. The molecule has 0 aromatic heterocycles. The van der Waals surface area contributed by atoms with Crippen molar-refractivity contribution < 1.29 is 4.74 Å². The Morgan fingerprint density at radius 2 is 2.00 bits per heavy atom. The quantitative estimate of drug-likeness (QED) is 0.541. The number of allylic oxidation sites excluding steroid dienone is 1. The number of benzene rings is 1. The molecule has 0 unspecified atom stereocenters. The summed E-state index contributed by atoms with van der Waals surface area (Å²) in [4.78, 5) is 0. The Kier molecular flexibility index (Phi) is 6.82. The molecule has 94 valence electrons. The second-order valence-electron chi connectivity index (χ2n) is 3.53. The van der Waals surface area contributed by atoms with Crippen LogP contribution in [0.15, 0.2) is 26.7 Å². The monoisotopic (exact) mass is 424 g/mol. The molecule has 1 aromatic rings. The highest BCUT2D eigenvalue weighted by atomic mass is 79.9. The zero-order valence-corrected chi connectivity index (χ0v) is 14.7. The second kappa shape index (κ2) is 7.59. The molecule has 0 spiro atoms. The Hall–Kier alpha value is 0.200. The fraction of sp³-hybridized carbons (Fsp3) is 0.385. The van der Waals surface area contributed by atoms with E-state index in [9.17, 15) is 0 Å². The maximum atomic E-state index is 5.69. The van der Waals surface area contributed by atoms with E-state index in [4.69, 9.17) is 4.74 Å². The van der Waals surface area contributed by atoms with E-state index < -0.39 is 0 Å². The van der Waals surface area contributed by atoms with Crippen LogP contribution in [-0.2, 0) is 0 Å². The fourth-order valence-electron chi connectivity index (χ4n) is 1.44. The van der Waals surface area contributed by atoms with E-state index in [1.54, 1.807) is 0 Å². The molecule has 0 aliphatic rings. The van der Waals surface area contributed by atoms with Gasteiger partial charge in [0.2, 0.25) is 0 Å². The van der Waals surface area contributed by atoms with E-state index in [-0.39, 0.29) is 0 Å². The lowest BCUT2D eigenvalue weighted by Crippen LogP contribution is -1.96. The minimum absolute atomic E-state index is 0.664. The van der Waals surface area contributed by atoms with Crippen LogP contribution in [-0.4, -0.2) is 11.9 Å². The van der Waals surface area contributed by atoms with E-state index >= 15 is 0 Å². The van der Waals surface area contributed by atoms with Gasteiger partial charge in [-0.05, 0) is 41.4 Å². The van der Waals surface area contributed by atoms with Gasteiger partial charge in [0.1, 0.15) is 5.75 Å². The molecule has 0 fully saturated rings. The molecule has 0 radical (unpaired) electrons. The first kappa shape index (κ1) is 15.3. The Morgan fingerprint density at radius 1 is 1.29 bits per heavy atom. The first-order chi connectivity index (χ1) is 8.12. The first-order valence-corrected chi connectivity index (χ1v) is 8.20. The summed E-state index contributed by atoms with van der Waals surface area (Å²) in [6, 6.07) is 4.08. The molecular formula is C13H15Br3O. The van der Waals surface area contributed by atoms with E-state index in [1.165, 1.54) is 5.57 Å². The smallest absolute Gasteiger partial charge is 0.140 e. The lowest BCUT2D eigenvalue weighted by Gasteiger charge is -2.11. The lowest BCUT2D eigenvalue weighted by atomic mass is 10.1. The van der Waals surface area contributed by atoms with Crippen LogP contribution in [0.3, 0.4) is 0 Å². The van der Waals surface area contributed by atoms with Crippen molar-refractivity contribution in [2.24, 2.45) is 0 Å². The van der Waals surface area contributed by atoms with Crippen LogP contribution in [0.1, 0.15) is 25.8 Å². The van der Waals surface area contributed by atoms with Gasteiger partial charge in [-0.3, -0.25) is 0 Å². The van der Waals surface area contributed by atoms with Gasteiger partial charge in [0.05, 0.1) is 11.1 Å². The molecule has 1 rings (SSSR count). The van der Waals surface area contributed by atoms with E-state index in [1.807, 2.05) is 13.0 Å². The van der Waals surface area contributed by atoms with Gasteiger partial charge in [-0.25, -0.2) is 0 Å². The fourth-order valence-corrected chi connectivity index (χ4v) is 3.37. The number of alkyl halides is 1. The standard InChI is InChI=1S/C13H15Br3O/c1-3-9(8-14)5-10-6-11(15)7-12(16)13(10)17-4-2/h5-7H,3-4,8H2,1-2H3. The van der Waals surface area contributed by atoms with Gasteiger partial charge in [0.25, 0.3) is 0 Å². The molecule has 0 aliphatic carbocycles. The zero-order valence-electron chi connectivity index (χ0n) is 9.90. The Bertz CT molecular complexity index is 407. The van der Waals surface area contributed by atoms with Gasteiger partial charge in [0.15, 0.2) is 0 Å². The van der Waals surface area contributed by atoms with Crippen molar-refractivity contribution in [2.75, 3.05) is 11.9 Å². The molecule has 0 saturated heterocycles. The number of rotatable bonds is 5. The molecule has 0 saturated carbocycles. The van der Waals surface area contributed by atoms with Crippen LogP contribution in [0.25, 0.3) is 6.08 Å². The van der Waals surface area contributed by atoms with E-state index in [0.717, 1.165) is 32.0 Å². The maximum absolute atomic E-state index is 5.69. The Morgan fingerprint density at radius 3 is 2.53 bits per heavy atom. The van der Waals surface area contributed by atoms with Crippen molar-refractivity contribution >= 4 is 53.9 Å². The summed E-state index contributed by atoms with van der Waals surface area (Å²) in [7, 11) is 0. The summed E-state index contributed by atoms with van der Waals surface area (Å²) in [5.74, 6) is 0.905. The van der Waals surface area contributed by atoms with Gasteiger partial charge < -0.3 is 4.74 Å².